The first-order valence-electron chi connectivity index (χ1n) is 18.4. The van der Waals surface area contributed by atoms with E-state index >= 15 is 0 Å². The summed E-state index contributed by atoms with van der Waals surface area (Å²) < 4.78 is 37.7. The number of rotatable bonds is 25. The normalized spacial score (nSPS) is 27.7. The summed E-state index contributed by atoms with van der Waals surface area (Å²) in [6.07, 6.45) is -15.3. The molecule has 2 aliphatic rings. The Bertz CT molecular complexity index is 1300. The Hall–Kier alpha value is -2.63. The molecule has 2 amide bonds. The number of esters is 1. The molecule has 0 spiro atoms. The number of benzene rings is 1. The van der Waals surface area contributed by atoms with Gasteiger partial charge in [0.15, 0.2) is 18.7 Å². The molecule has 0 bridgehead atoms. The molecule has 1 aromatic rings. The molecule has 56 heavy (non-hydrogen) atoms. The average molecular weight is 845 g/mol. The summed E-state index contributed by atoms with van der Waals surface area (Å²) >= 11 is 11.8. The monoisotopic (exact) mass is 843 g/mol. The van der Waals surface area contributed by atoms with Crippen molar-refractivity contribution in [2.45, 2.75) is 93.5 Å². The van der Waals surface area contributed by atoms with Crippen LogP contribution in [0.1, 0.15) is 31.2 Å². The Morgan fingerprint density at radius 2 is 1.45 bits per heavy atom. The minimum Gasteiger partial charge on any atom is -0.466 e. The number of halogens is 2. The number of hydrogen-bond acceptors (Lipinski definition) is 17. The van der Waals surface area contributed by atoms with Crippen LogP contribution in [0.5, 0.6) is 0 Å². The maximum Gasteiger partial charge on any atom is 0.404 e. The quantitative estimate of drug-likeness (QED) is 0.0316. The van der Waals surface area contributed by atoms with Crippen LogP contribution < -0.4 is 16.0 Å². The molecule has 2 saturated heterocycles. The van der Waals surface area contributed by atoms with Crippen LogP contribution in [0.25, 0.3) is 0 Å². The van der Waals surface area contributed by atoms with Crippen molar-refractivity contribution in [1.29, 1.82) is 0 Å². The zero-order valence-electron chi connectivity index (χ0n) is 30.9. The van der Waals surface area contributed by atoms with Crippen LogP contribution in [-0.2, 0) is 49.2 Å². The van der Waals surface area contributed by atoms with Crippen LogP contribution in [0, 0.1) is 0 Å². The molecule has 1 aromatic carbocycles. The predicted octanol–water partition coefficient (Wildman–Crippen LogP) is -1.51. The van der Waals surface area contributed by atoms with Gasteiger partial charge in [0.25, 0.3) is 0 Å². The van der Waals surface area contributed by atoms with Gasteiger partial charge in [0, 0.05) is 49.9 Å². The van der Waals surface area contributed by atoms with E-state index in [0.717, 1.165) is 17.7 Å². The summed E-state index contributed by atoms with van der Waals surface area (Å²) in [4.78, 5) is 37.8. The van der Waals surface area contributed by atoms with Crippen molar-refractivity contribution in [2.24, 2.45) is 5.73 Å². The lowest BCUT2D eigenvalue weighted by Crippen LogP contribution is -2.65. The fraction of sp³-hybridized carbons (Fsp3) is 0.743. The number of anilines is 1. The Morgan fingerprint density at radius 1 is 0.786 bits per heavy atom. The Labute approximate surface area is 334 Å². The molecule has 0 unspecified atom stereocenters. The smallest absolute Gasteiger partial charge is 0.404 e. The van der Waals surface area contributed by atoms with E-state index < -0.39 is 80.7 Å². The standard InChI is InChI=1S/C35H55Cl2N3O16/c36-10-13-40(14-11-37)22-8-6-21(7-9-22)3-1-5-26(44)51-15-2-4-25(43)39-12-16-50-17-18-52-34-32(29(47)27(45)23(19-41)54-34)55-33-30(48)31(56-35(38)49)28(46)24(20-42)53-33/h6-9,23-24,27-34,41-42,45-48H,1-5,10-20H2,(H2,38,49)(H,39,43)/t23-,24+,27+,28+,29-,30-,31-,32-,33+,34-/m0/s1. The summed E-state index contributed by atoms with van der Waals surface area (Å²) in [5, 5.41) is 64.1. The highest BCUT2D eigenvalue weighted by molar-refractivity contribution is 6.18. The van der Waals surface area contributed by atoms with Crippen LogP contribution in [0.15, 0.2) is 24.3 Å². The van der Waals surface area contributed by atoms with Crippen LogP contribution in [0.3, 0.4) is 0 Å². The summed E-state index contributed by atoms with van der Waals surface area (Å²) in [6.45, 7) is 0.144. The lowest BCUT2D eigenvalue weighted by molar-refractivity contribution is -0.367. The van der Waals surface area contributed by atoms with E-state index in [9.17, 15) is 45.0 Å². The highest BCUT2D eigenvalue weighted by Crippen LogP contribution is 2.30. The van der Waals surface area contributed by atoms with Gasteiger partial charge in [0.05, 0.1) is 39.6 Å². The number of alkyl halides is 2. The Kier molecular flexibility index (Phi) is 21.9. The van der Waals surface area contributed by atoms with Crippen LogP contribution >= 0.6 is 23.2 Å². The third-order valence-electron chi connectivity index (χ3n) is 8.94. The van der Waals surface area contributed by atoms with Crippen LogP contribution in [-0.4, -0.2) is 181 Å². The number of ether oxygens (including phenoxy) is 7. The topological polar surface area (TPSA) is 278 Å². The second kappa shape index (κ2) is 25.7. The zero-order chi connectivity index (χ0) is 41.0. The summed E-state index contributed by atoms with van der Waals surface area (Å²) in [5.41, 5.74) is 7.17. The highest BCUT2D eigenvalue weighted by atomic mass is 35.5. The number of nitrogens with two attached hydrogens (primary N) is 1. The SMILES string of the molecule is NC(=O)O[C@@H]1[C@H](O)[C@@H](O[C@@H]2[C@@H](OCCOCCNC(=O)CCCOC(=O)CCCc3ccc(N(CCCl)CCCl)cc3)O[C@@H](CO)[C@@H](O)[C@@H]2O)O[C@H](CO)[C@H]1O. The van der Waals surface area contributed by atoms with E-state index in [-0.39, 0.29) is 57.7 Å². The first-order chi connectivity index (χ1) is 26.9. The van der Waals surface area contributed by atoms with Crippen molar-refractivity contribution in [3.8, 4) is 0 Å². The second-order valence-corrected chi connectivity index (χ2v) is 13.7. The summed E-state index contributed by atoms with van der Waals surface area (Å²) in [5.74, 6) is 0.414. The number of nitrogens with one attached hydrogen (secondary N) is 1. The largest absolute Gasteiger partial charge is 0.466 e. The fourth-order valence-electron chi connectivity index (χ4n) is 5.98. The van der Waals surface area contributed by atoms with E-state index in [1.165, 1.54) is 0 Å². The van der Waals surface area contributed by atoms with Gasteiger partial charge in [-0.3, -0.25) is 9.59 Å². The molecular weight excluding hydrogens is 789 g/mol. The second-order valence-electron chi connectivity index (χ2n) is 13.0. The summed E-state index contributed by atoms with van der Waals surface area (Å²) in [6, 6.07) is 8.07. The van der Waals surface area contributed by atoms with Gasteiger partial charge in [0.2, 0.25) is 5.91 Å². The van der Waals surface area contributed by atoms with Crippen LogP contribution in [0.2, 0.25) is 0 Å². The molecule has 19 nitrogen and oxygen atoms in total. The molecule has 2 aliphatic heterocycles. The van der Waals surface area contributed by atoms with E-state index in [4.69, 9.17) is 62.1 Å². The molecule has 21 heteroatoms. The maximum atomic E-state index is 12.2. The molecule has 9 N–H and O–H groups in total. The number of aliphatic hydroxyl groups is 6. The van der Waals surface area contributed by atoms with Crippen molar-refractivity contribution in [3.05, 3.63) is 29.8 Å². The Morgan fingerprint density at radius 3 is 2.09 bits per heavy atom. The third-order valence-corrected chi connectivity index (χ3v) is 9.27. The Balaban J connectivity index is 1.30. The number of amides is 2. The van der Waals surface area contributed by atoms with Gasteiger partial charge in [-0.2, -0.15) is 0 Å². The fourth-order valence-corrected chi connectivity index (χ4v) is 6.39. The van der Waals surface area contributed by atoms with Crippen molar-refractivity contribution in [2.75, 3.05) is 75.9 Å². The molecule has 320 valence electrons. The van der Waals surface area contributed by atoms with E-state index in [0.29, 0.717) is 37.7 Å². The summed E-state index contributed by atoms with van der Waals surface area (Å²) in [7, 11) is 0. The minimum absolute atomic E-state index is 0.0241. The van der Waals surface area contributed by atoms with Crippen molar-refractivity contribution >= 4 is 46.9 Å². The average Bonchev–Trinajstić information content (AvgIpc) is 3.18. The van der Waals surface area contributed by atoms with Crippen molar-refractivity contribution in [1.82, 2.24) is 5.32 Å². The van der Waals surface area contributed by atoms with E-state index in [2.05, 4.69) is 10.2 Å². The van der Waals surface area contributed by atoms with Gasteiger partial charge in [-0.15, -0.1) is 23.2 Å². The zero-order valence-corrected chi connectivity index (χ0v) is 32.5. The van der Waals surface area contributed by atoms with Gasteiger partial charge in [-0.1, -0.05) is 12.1 Å². The van der Waals surface area contributed by atoms with Crippen molar-refractivity contribution in [3.63, 3.8) is 0 Å². The third kappa shape index (κ3) is 15.3. The molecule has 2 fully saturated rings. The number of nitrogens with zero attached hydrogens (tertiary/aromatic N) is 1. The predicted molar refractivity (Wildman–Crippen MR) is 198 cm³/mol. The molecule has 10 atom stereocenters. The van der Waals surface area contributed by atoms with Gasteiger partial charge >= 0.3 is 12.1 Å². The lowest BCUT2D eigenvalue weighted by atomic mass is 9.97. The number of primary amides is 1. The molecule has 2 heterocycles. The molecule has 3 rings (SSSR count). The number of aryl methyl sites for hydroxylation is 1. The van der Waals surface area contributed by atoms with Crippen LogP contribution in [0.4, 0.5) is 10.5 Å². The van der Waals surface area contributed by atoms with Crippen molar-refractivity contribution < 1.29 is 78.2 Å². The van der Waals surface area contributed by atoms with Gasteiger partial charge < -0.3 is 79.7 Å². The number of hydrogen-bond donors (Lipinski definition) is 8. The molecular formula is C35H55Cl2N3O16. The first kappa shape index (κ1) is 47.7. The van der Waals surface area contributed by atoms with Gasteiger partial charge in [-0.05, 0) is 37.0 Å². The maximum absolute atomic E-state index is 12.2. The minimum atomic E-state index is -1.86. The molecule has 0 aliphatic carbocycles. The van der Waals surface area contributed by atoms with E-state index in [1.54, 1.807) is 0 Å². The van der Waals surface area contributed by atoms with Gasteiger partial charge in [-0.25, -0.2) is 4.79 Å². The first-order valence-corrected chi connectivity index (χ1v) is 19.4. The molecule has 0 saturated carbocycles. The van der Waals surface area contributed by atoms with Gasteiger partial charge in [0.1, 0.15) is 42.7 Å². The lowest BCUT2D eigenvalue weighted by Gasteiger charge is -2.46. The molecule has 0 radical (unpaired) electrons. The number of carbonyl (C=O) groups excluding carboxylic acids is 3. The number of aliphatic hydroxyl groups excluding tert-OH is 6. The number of carbonyl (C=O) groups is 3. The molecule has 0 aromatic heterocycles. The highest BCUT2D eigenvalue weighted by Gasteiger charge is 2.52. The van der Waals surface area contributed by atoms with E-state index in [1.807, 2.05) is 24.3 Å².